The topological polar surface area (TPSA) is 60.0 Å². The van der Waals surface area contributed by atoms with E-state index in [9.17, 15) is 4.79 Å². The van der Waals surface area contributed by atoms with Crippen molar-refractivity contribution >= 4 is 5.91 Å². The summed E-state index contributed by atoms with van der Waals surface area (Å²) < 4.78 is 16.8. The number of para-hydroxylation sites is 2. The van der Waals surface area contributed by atoms with E-state index in [1.54, 1.807) is 7.11 Å². The fourth-order valence-electron chi connectivity index (χ4n) is 3.21. The highest BCUT2D eigenvalue weighted by molar-refractivity contribution is 5.77. The molecule has 1 amide bonds. The van der Waals surface area contributed by atoms with Crippen molar-refractivity contribution in [2.45, 2.75) is 31.4 Å². The lowest BCUT2D eigenvalue weighted by Gasteiger charge is -2.33. The zero-order valence-corrected chi connectivity index (χ0v) is 14.2. The molecule has 0 saturated carbocycles. The number of ether oxygens (including phenoxy) is 3. The van der Waals surface area contributed by atoms with Gasteiger partial charge in [-0.1, -0.05) is 12.1 Å². The summed E-state index contributed by atoms with van der Waals surface area (Å²) in [6.07, 6.45) is 2.33. The van der Waals surface area contributed by atoms with Gasteiger partial charge in [0.05, 0.1) is 20.3 Å². The van der Waals surface area contributed by atoms with Gasteiger partial charge in [0.15, 0.2) is 11.5 Å². The second-order valence-corrected chi connectivity index (χ2v) is 6.28. The second kappa shape index (κ2) is 8.35. The van der Waals surface area contributed by atoms with Gasteiger partial charge in [0.2, 0.25) is 5.91 Å². The van der Waals surface area contributed by atoms with Gasteiger partial charge in [-0.15, -0.1) is 0 Å². The van der Waals surface area contributed by atoms with E-state index < -0.39 is 0 Å². The molecular formula is C18H26N2O4. The van der Waals surface area contributed by atoms with Crippen molar-refractivity contribution in [1.82, 2.24) is 10.2 Å². The number of hydrogen-bond donors (Lipinski definition) is 1. The molecule has 1 aromatic carbocycles. The lowest BCUT2D eigenvalue weighted by molar-refractivity contribution is -0.134. The van der Waals surface area contributed by atoms with Gasteiger partial charge in [-0.3, -0.25) is 4.79 Å². The third-order valence-corrected chi connectivity index (χ3v) is 4.58. The van der Waals surface area contributed by atoms with E-state index in [-0.39, 0.29) is 18.1 Å². The van der Waals surface area contributed by atoms with Crippen LogP contribution in [0.1, 0.15) is 19.3 Å². The summed E-state index contributed by atoms with van der Waals surface area (Å²) in [5.41, 5.74) is 0. The fraction of sp³-hybridized carbons (Fsp3) is 0.611. The van der Waals surface area contributed by atoms with Crippen LogP contribution < -0.4 is 14.8 Å². The molecule has 132 valence electrons. The molecule has 0 spiro atoms. The van der Waals surface area contributed by atoms with Crippen molar-refractivity contribution in [1.29, 1.82) is 0 Å². The van der Waals surface area contributed by atoms with Gasteiger partial charge in [-0.2, -0.15) is 0 Å². The molecule has 1 atom stereocenters. The average Bonchev–Trinajstić information content (AvgIpc) is 2.63. The first-order valence-corrected chi connectivity index (χ1v) is 8.65. The number of methoxy groups -OCH3 is 1. The van der Waals surface area contributed by atoms with Crippen LogP contribution in [0.4, 0.5) is 0 Å². The maximum Gasteiger partial charge on any atom is 0.224 e. The van der Waals surface area contributed by atoms with E-state index in [1.807, 2.05) is 29.2 Å². The molecule has 6 nitrogen and oxygen atoms in total. The van der Waals surface area contributed by atoms with Crippen molar-refractivity contribution < 1.29 is 19.0 Å². The summed E-state index contributed by atoms with van der Waals surface area (Å²) in [5.74, 6) is 1.72. The van der Waals surface area contributed by atoms with Crippen molar-refractivity contribution in [2.75, 3.05) is 40.0 Å². The summed E-state index contributed by atoms with van der Waals surface area (Å²) >= 11 is 0. The lowest BCUT2D eigenvalue weighted by Crippen LogP contribution is -2.47. The van der Waals surface area contributed by atoms with Crippen LogP contribution in [0, 0.1) is 0 Å². The first-order valence-electron chi connectivity index (χ1n) is 8.65. The van der Waals surface area contributed by atoms with Gasteiger partial charge in [0, 0.05) is 44.9 Å². The Morgan fingerprint density at radius 2 is 2.04 bits per heavy atom. The molecule has 0 aromatic heterocycles. The molecule has 0 radical (unpaired) electrons. The number of carbonyl (C=O) groups excluding carboxylic acids is 1. The number of amides is 1. The van der Waals surface area contributed by atoms with E-state index in [0.29, 0.717) is 13.0 Å². The first kappa shape index (κ1) is 17.0. The monoisotopic (exact) mass is 334 g/mol. The zero-order valence-electron chi connectivity index (χ0n) is 14.2. The van der Waals surface area contributed by atoms with Crippen LogP contribution in [0.25, 0.3) is 0 Å². The van der Waals surface area contributed by atoms with Crippen LogP contribution in [0.2, 0.25) is 0 Å². The van der Waals surface area contributed by atoms with Gasteiger partial charge >= 0.3 is 0 Å². The van der Waals surface area contributed by atoms with E-state index in [0.717, 1.165) is 50.6 Å². The molecule has 6 heteroatoms. The molecule has 1 unspecified atom stereocenters. The van der Waals surface area contributed by atoms with Crippen molar-refractivity contribution in [3.05, 3.63) is 24.3 Å². The number of morpholine rings is 1. The van der Waals surface area contributed by atoms with Crippen LogP contribution in [-0.2, 0) is 9.53 Å². The Kier molecular flexibility index (Phi) is 5.93. The van der Waals surface area contributed by atoms with Gasteiger partial charge in [-0.05, 0) is 12.1 Å². The third-order valence-electron chi connectivity index (χ3n) is 4.58. The highest BCUT2D eigenvalue weighted by Crippen LogP contribution is 2.29. The molecule has 3 rings (SSSR count). The third kappa shape index (κ3) is 4.39. The van der Waals surface area contributed by atoms with Crippen LogP contribution >= 0.6 is 0 Å². The lowest BCUT2D eigenvalue weighted by atomic mass is 10.1. The standard InChI is InChI=1S/C18H26N2O4/c1-22-16-4-2-3-5-17(16)24-15-6-9-20(10-7-15)18(21)12-14-13-23-11-8-19-14/h2-5,14-15,19H,6-13H2,1H3. The Morgan fingerprint density at radius 3 is 2.71 bits per heavy atom. The van der Waals surface area contributed by atoms with E-state index in [1.165, 1.54) is 0 Å². The maximum absolute atomic E-state index is 12.4. The number of nitrogens with zero attached hydrogens (tertiary/aromatic N) is 1. The Morgan fingerprint density at radius 1 is 1.29 bits per heavy atom. The number of likely N-dealkylation sites (tertiary alicyclic amines) is 1. The first-order chi connectivity index (χ1) is 11.8. The van der Waals surface area contributed by atoms with Crippen LogP contribution in [-0.4, -0.2) is 62.9 Å². The van der Waals surface area contributed by atoms with Crippen LogP contribution in [0.3, 0.4) is 0 Å². The normalized spacial score (nSPS) is 22.2. The van der Waals surface area contributed by atoms with Gasteiger partial charge in [0.25, 0.3) is 0 Å². The Bertz CT molecular complexity index is 538. The minimum Gasteiger partial charge on any atom is -0.493 e. The smallest absolute Gasteiger partial charge is 0.224 e. The van der Waals surface area contributed by atoms with Gasteiger partial charge < -0.3 is 24.4 Å². The molecule has 1 N–H and O–H groups in total. The predicted octanol–water partition coefficient (Wildman–Crippen LogP) is 1.44. The highest BCUT2D eigenvalue weighted by Gasteiger charge is 2.26. The summed E-state index contributed by atoms with van der Waals surface area (Å²) in [6, 6.07) is 7.83. The maximum atomic E-state index is 12.4. The van der Waals surface area contributed by atoms with Crippen molar-refractivity contribution in [3.63, 3.8) is 0 Å². The van der Waals surface area contributed by atoms with E-state index in [4.69, 9.17) is 14.2 Å². The summed E-state index contributed by atoms with van der Waals surface area (Å²) in [7, 11) is 1.65. The molecule has 1 aromatic rings. The minimum atomic E-state index is 0.126. The van der Waals surface area contributed by atoms with Gasteiger partial charge in [0.1, 0.15) is 6.10 Å². The largest absolute Gasteiger partial charge is 0.493 e. The number of hydrogen-bond acceptors (Lipinski definition) is 5. The minimum absolute atomic E-state index is 0.126. The number of benzene rings is 1. The molecule has 0 aliphatic carbocycles. The molecule has 2 aliphatic rings. The number of rotatable bonds is 5. The SMILES string of the molecule is COc1ccccc1OC1CCN(C(=O)CC2COCCN2)CC1. The Labute approximate surface area is 143 Å². The quantitative estimate of drug-likeness (QED) is 0.883. The Hall–Kier alpha value is -1.79. The average molecular weight is 334 g/mol. The molecule has 2 fully saturated rings. The molecular weight excluding hydrogens is 308 g/mol. The molecule has 24 heavy (non-hydrogen) atoms. The molecule has 2 heterocycles. The molecule has 2 aliphatic heterocycles. The second-order valence-electron chi connectivity index (χ2n) is 6.28. The predicted molar refractivity (Wildman–Crippen MR) is 90.5 cm³/mol. The summed E-state index contributed by atoms with van der Waals surface area (Å²) in [6.45, 7) is 3.67. The molecule has 0 bridgehead atoms. The number of carbonyl (C=O) groups is 1. The fourth-order valence-corrected chi connectivity index (χ4v) is 3.21. The molecule has 2 saturated heterocycles. The summed E-state index contributed by atoms with van der Waals surface area (Å²) in [5, 5.41) is 3.33. The van der Waals surface area contributed by atoms with Crippen molar-refractivity contribution in [2.24, 2.45) is 0 Å². The van der Waals surface area contributed by atoms with Gasteiger partial charge in [-0.25, -0.2) is 0 Å². The van der Waals surface area contributed by atoms with E-state index in [2.05, 4.69) is 5.32 Å². The van der Waals surface area contributed by atoms with Crippen LogP contribution in [0.5, 0.6) is 11.5 Å². The summed E-state index contributed by atoms with van der Waals surface area (Å²) in [4.78, 5) is 14.3. The van der Waals surface area contributed by atoms with Crippen LogP contribution in [0.15, 0.2) is 24.3 Å². The Balaban J connectivity index is 1.46. The number of piperidine rings is 1. The number of nitrogens with one attached hydrogen (secondary N) is 1. The highest BCUT2D eigenvalue weighted by atomic mass is 16.5. The zero-order chi connectivity index (χ0) is 16.8. The van der Waals surface area contributed by atoms with E-state index >= 15 is 0 Å². The van der Waals surface area contributed by atoms with Crippen molar-refractivity contribution in [3.8, 4) is 11.5 Å².